The maximum absolute atomic E-state index is 11.6. The minimum Gasteiger partial charge on any atom is -0.497 e. The lowest BCUT2D eigenvalue weighted by Gasteiger charge is -2.08. The highest BCUT2D eigenvalue weighted by Crippen LogP contribution is 2.32. The maximum Gasteiger partial charge on any atom is 0.339 e. The van der Waals surface area contributed by atoms with E-state index in [-0.39, 0.29) is 5.56 Å². The van der Waals surface area contributed by atoms with Gasteiger partial charge in [0.1, 0.15) is 11.3 Å². The Hall–Kier alpha value is -2.60. The maximum atomic E-state index is 11.6. The van der Waals surface area contributed by atoms with Crippen molar-refractivity contribution in [2.75, 3.05) is 7.11 Å². The number of aromatic carboxylic acids is 1. The molecule has 112 valence electrons. The minimum absolute atomic E-state index is 0.235. The predicted octanol–water partition coefficient (Wildman–Crippen LogP) is 3.62. The van der Waals surface area contributed by atoms with Crippen molar-refractivity contribution < 1.29 is 14.6 Å². The summed E-state index contributed by atoms with van der Waals surface area (Å²) in [5.41, 5.74) is 2.12. The van der Waals surface area contributed by atoms with Crippen molar-refractivity contribution in [3.8, 4) is 22.0 Å². The van der Waals surface area contributed by atoms with E-state index in [2.05, 4.69) is 5.10 Å². The third-order valence-corrected chi connectivity index (χ3v) is 4.22. The van der Waals surface area contributed by atoms with E-state index in [1.807, 2.05) is 41.8 Å². The molecule has 0 bridgehead atoms. The number of aromatic nitrogens is 2. The molecule has 0 aliphatic carbocycles. The molecule has 22 heavy (non-hydrogen) atoms. The molecule has 0 aliphatic heterocycles. The SMILES string of the molecule is COc1ccc(-n2nc(C)c(C(=O)O)c2-c2cccs2)cc1. The lowest BCUT2D eigenvalue weighted by Crippen LogP contribution is -2.02. The van der Waals surface area contributed by atoms with Crippen LogP contribution in [0.2, 0.25) is 0 Å². The van der Waals surface area contributed by atoms with Crippen LogP contribution in [0.25, 0.3) is 16.3 Å². The number of carbonyl (C=O) groups is 1. The van der Waals surface area contributed by atoms with Crippen molar-refractivity contribution in [1.82, 2.24) is 9.78 Å². The van der Waals surface area contributed by atoms with Crippen molar-refractivity contribution in [3.05, 3.63) is 53.0 Å². The smallest absolute Gasteiger partial charge is 0.339 e. The van der Waals surface area contributed by atoms with E-state index >= 15 is 0 Å². The van der Waals surface area contributed by atoms with Gasteiger partial charge in [0.05, 0.1) is 29.1 Å². The average molecular weight is 314 g/mol. The second kappa shape index (κ2) is 5.65. The van der Waals surface area contributed by atoms with E-state index in [1.165, 1.54) is 11.3 Å². The zero-order chi connectivity index (χ0) is 15.7. The number of hydrogen-bond donors (Lipinski definition) is 1. The lowest BCUT2D eigenvalue weighted by atomic mass is 10.1. The number of carboxylic acids is 1. The van der Waals surface area contributed by atoms with Crippen LogP contribution in [0.15, 0.2) is 41.8 Å². The molecule has 1 N–H and O–H groups in total. The number of thiophene rings is 1. The van der Waals surface area contributed by atoms with Crippen LogP contribution in [0.4, 0.5) is 0 Å². The first-order chi connectivity index (χ1) is 10.6. The van der Waals surface area contributed by atoms with Gasteiger partial charge in [-0.25, -0.2) is 9.48 Å². The van der Waals surface area contributed by atoms with Crippen LogP contribution >= 0.6 is 11.3 Å². The molecule has 5 nitrogen and oxygen atoms in total. The second-order valence-electron chi connectivity index (χ2n) is 4.70. The molecule has 2 aromatic heterocycles. The van der Waals surface area contributed by atoms with Gasteiger partial charge in [0.25, 0.3) is 0 Å². The van der Waals surface area contributed by atoms with E-state index in [9.17, 15) is 9.90 Å². The fourth-order valence-corrected chi connectivity index (χ4v) is 3.10. The standard InChI is InChI=1S/C16H14N2O3S/c1-10-14(16(19)20)15(13-4-3-9-22-13)18(17-10)11-5-7-12(21-2)8-6-11/h3-9H,1-2H3,(H,19,20). The quantitative estimate of drug-likeness (QED) is 0.799. The Bertz CT molecular complexity index is 805. The Balaban J connectivity index is 2.23. The van der Waals surface area contributed by atoms with Crippen molar-refractivity contribution in [1.29, 1.82) is 0 Å². The van der Waals surface area contributed by atoms with Crippen molar-refractivity contribution in [3.63, 3.8) is 0 Å². The lowest BCUT2D eigenvalue weighted by molar-refractivity contribution is 0.0697. The highest BCUT2D eigenvalue weighted by Gasteiger charge is 2.23. The van der Waals surface area contributed by atoms with Crippen LogP contribution in [0.1, 0.15) is 16.1 Å². The molecule has 0 aliphatic rings. The molecule has 1 aromatic carbocycles. The zero-order valence-corrected chi connectivity index (χ0v) is 12.9. The Labute approximate surface area is 131 Å². The highest BCUT2D eigenvalue weighted by atomic mass is 32.1. The summed E-state index contributed by atoms with van der Waals surface area (Å²) in [6.45, 7) is 1.71. The zero-order valence-electron chi connectivity index (χ0n) is 12.1. The molecule has 0 radical (unpaired) electrons. The van der Waals surface area contributed by atoms with Crippen LogP contribution in [-0.2, 0) is 0 Å². The monoisotopic (exact) mass is 314 g/mol. The molecule has 0 unspecified atom stereocenters. The summed E-state index contributed by atoms with van der Waals surface area (Å²) in [6, 6.07) is 11.2. The first kappa shape index (κ1) is 14.3. The summed E-state index contributed by atoms with van der Waals surface area (Å²) in [5.74, 6) is -0.232. The number of methoxy groups -OCH3 is 1. The third-order valence-electron chi connectivity index (χ3n) is 3.35. The number of carboxylic acid groups (broad SMARTS) is 1. The minimum atomic E-state index is -0.972. The normalized spacial score (nSPS) is 10.6. The molecule has 0 atom stereocenters. The fourth-order valence-electron chi connectivity index (χ4n) is 2.33. The molecule has 0 saturated heterocycles. The van der Waals surface area contributed by atoms with Crippen molar-refractivity contribution in [2.45, 2.75) is 6.92 Å². The van der Waals surface area contributed by atoms with Crippen LogP contribution in [0.3, 0.4) is 0 Å². The second-order valence-corrected chi connectivity index (χ2v) is 5.65. The molecular formula is C16H14N2O3S. The summed E-state index contributed by atoms with van der Waals surface area (Å²) in [4.78, 5) is 12.5. The molecule has 0 spiro atoms. The summed E-state index contributed by atoms with van der Waals surface area (Å²) in [7, 11) is 1.60. The van der Waals surface area contributed by atoms with Crippen molar-refractivity contribution >= 4 is 17.3 Å². The van der Waals surface area contributed by atoms with E-state index in [0.717, 1.165) is 16.3 Å². The molecule has 0 amide bonds. The average Bonchev–Trinajstić information content (AvgIpc) is 3.14. The van der Waals surface area contributed by atoms with Crippen LogP contribution in [0, 0.1) is 6.92 Å². The first-order valence-corrected chi connectivity index (χ1v) is 7.51. The van der Waals surface area contributed by atoms with Gasteiger partial charge in [0.15, 0.2) is 0 Å². The molecule has 3 aromatic rings. The first-order valence-electron chi connectivity index (χ1n) is 6.63. The van der Waals surface area contributed by atoms with Gasteiger partial charge in [0, 0.05) is 0 Å². The van der Waals surface area contributed by atoms with E-state index < -0.39 is 5.97 Å². The third kappa shape index (κ3) is 2.37. The van der Waals surface area contributed by atoms with E-state index in [1.54, 1.807) is 18.7 Å². The van der Waals surface area contributed by atoms with Crippen LogP contribution in [0.5, 0.6) is 5.75 Å². The molecule has 6 heteroatoms. The van der Waals surface area contributed by atoms with E-state index in [0.29, 0.717) is 11.4 Å². The molecule has 0 saturated carbocycles. The van der Waals surface area contributed by atoms with Gasteiger partial charge in [-0.15, -0.1) is 11.3 Å². The van der Waals surface area contributed by atoms with Gasteiger partial charge in [-0.05, 0) is 42.6 Å². The fraction of sp³-hybridized carbons (Fsp3) is 0.125. The van der Waals surface area contributed by atoms with Gasteiger partial charge < -0.3 is 9.84 Å². The number of ether oxygens (including phenoxy) is 1. The van der Waals surface area contributed by atoms with Gasteiger partial charge >= 0.3 is 5.97 Å². The Morgan fingerprint density at radius 3 is 2.55 bits per heavy atom. The van der Waals surface area contributed by atoms with Gasteiger partial charge in [-0.2, -0.15) is 5.10 Å². The summed E-state index contributed by atoms with van der Waals surface area (Å²) >= 11 is 1.49. The predicted molar refractivity (Wildman–Crippen MR) is 85.1 cm³/mol. The number of nitrogens with zero attached hydrogens (tertiary/aromatic N) is 2. The topological polar surface area (TPSA) is 64.4 Å². The molecule has 2 heterocycles. The molecular weight excluding hydrogens is 300 g/mol. The van der Waals surface area contributed by atoms with Gasteiger partial charge in [-0.3, -0.25) is 0 Å². The van der Waals surface area contributed by atoms with Gasteiger partial charge in [0.2, 0.25) is 0 Å². The van der Waals surface area contributed by atoms with Crippen LogP contribution < -0.4 is 4.74 Å². The summed E-state index contributed by atoms with van der Waals surface area (Å²) in [5, 5.41) is 15.9. The van der Waals surface area contributed by atoms with Crippen LogP contribution in [-0.4, -0.2) is 28.0 Å². The number of rotatable bonds is 4. The summed E-state index contributed by atoms with van der Waals surface area (Å²) in [6.07, 6.45) is 0. The highest BCUT2D eigenvalue weighted by molar-refractivity contribution is 7.13. The van der Waals surface area contributed by atoms with E-state index in [4.69, 9.17) is 4.74 Å². The molecule has 0 fully saturated rings. The number of benzene rings is 1. The van der Waals surface area contributed by atoms with Gasteiger partial charge in [-0.1, -0.05) is 6.07 Å². The number of hydrogen-bond acceptors (Lipinski definition) is 4. The largest absolute Gasteiger partial charge is 0.497 e. The number of aryl methyl sites for hydroxylation is 1. The Kier molecular flexibility index (Phi) is 3.68. The van der Waals surface area contributed by atoms with Crippen molar-refractivity contribution in [2.24, 2.45) is 0 Å². The Morgan fingerprint density at radius 1 is 1.27 bits per heavy atom. The summed E-state index contributed by atoms with van der Waals surface area (Å²) < 4.78 is 6.82. The Morgan fingerprint density at radius 2 is 2.00 bits per heavy atom. The molecule has 3 rings (SSSR count).